The van der Waals surface area contributed by atoms with Gasteiger partial charge < -0.3 is 4.74 Å². The third-order valence-corrected chi connectivity index (χ3v) is 3.94. The molecule has 2 atom stereocenters. The minimum absolute atomic E-state index is 0.263. The van der Waals surface area contributed by atoms with Crippen LogP contribution in [0.25, 0.3) is 0 Å². The molecule has 2 heteroatoms. The van der Waals surface area contributed by atoms with E-state index in [1.165, 1.54) is 18.1 Å². The van der Waals surface area contributed by atoms with Crippen LogP contribution in [0.3, 0.4) is 0 Å². The number of hydrogen-bond acceptors (Lipinski definition) is 2. The Balaban J connectivity index is 2.52. The van der Waals surface area contributed by atoms with Gasteiger partial charge in [-0.25, -0.2) is 0 Å². The van der Waals surface area contributed by atoms with Crippen LogP contribution in [0.4, 0.5) is 0 Å². The molecule has 0 aliphatic heterocycles. The predicted octanol–water partition coefficient (Wildman–Crippen LogP) is 5.41. The second-order valence-corrected chi connectivity index (χ2v) is 6.22. The fourth-order valence-electron chi connectivity index (χ4n) is 2.59. The predicted molar refractivity (Wildman–Crippen MR) is 92.8 cm³/mol. The lowest BCUT2D eigenvalue weighted by Crippen LogP contribution is -2.27. The summed E-state index contributed by atoms with van der Waals surface area (Å²) < 4.78 is 5.33. The maximum absolute atomic E-state index is 11.1. The molecule has 0 radical (unpaired) electrons. The average Bonchev–Trinajstić information content (AvgIpc) is 2.47. The highest BCUT2D eigenvalue weighted by Crippen LogP contribution is 2.24. The van der Waals surface area contributed by atoms with Gasteiger partial charge in [0, 0.05) is 6.92 Å². The van der Waals surface area contributed by atoms with Gasteiger partial charge in [-0.15, -0.1) is 0 Å². The Labute approximate surface area is 134 Å². The van der Waals surface area contributed by atoms with Crippen LogP contribution in [0, 0.1) is 0 Å². The van der Waals surface area contributed by atoms with Gasteiger partial charge in [0.25, 0.3) is 0 Å². The number of carbonyl (C=O) groups excluding carboxylic acids is 1. The van der Waals surface area contributed by atoms with Gasteiger partial charge in [-0.05, 0) is 50.7 Å². The van der Waals surface area contributed by atoms with Crippen molar-refractivity contribution in [2.45, 2.75) is 58.5 Å². The minimum atomic E-state index is -0.576. The average molecular weight is 300 g/mol. The molecule has 1 aromatic carbocycles. The summed E-state index contributed by atoms with van der Waals surface area (Å²) in [5, 5.41) is 0. The molecule has 0 bridgehead atoms. The first-order valence-electron chi connectivity index (χ1n) is 7.90. The molecule has 1 aromatic rings. The first-order valence-corrected chi connectivity index (χ1v) is 7.90. The van der Waals surface area contributed by atoms with E-state index in [-0.39, 0.29) is 5.97 Å². The molecule has 22 heavy (non-hydrogen) atoms. The topological polar surface area (TPSA) is 26.3 Å². The molecule has 0 aliphatic rings. The summed E-state index contributed by atoms with van der Waals surface area (Å²) in [4.78, 5) is 11.1. The molecule has 0 fully saturated rings. The molecule has 0 spiro atoms. The van der Waals surface area contributed by atoms with Crippen LogP contribution < -0.4 is 0 Å². The lowest BCUT2D eigenvalue weighted by molar-refractivity contribution is -0.151. The second kappa shape index (κ2) is 8.57. The van der Waals surface area contributed by atoms with Crippen molar-refractivity contribution in [3.8, 4) is 0 Å². The number of ether oxygens (including phenoxy) is 1. The summed E-state index contributed by atoms with van der Waals surface area (Å²) in [5.41, 5.74) is 2.16. The van der Waals surface area contributed by atoms with E-state index in [1.54, 1.807) is 6.08 Å². The Morgan fingerprint density at radius 2 is 1.95 bits per heavy atom. The normalized spacial score (nSPS) is 15.7. The van der Waals surface area contributed by atoms with Crippen molar-refractivity contribution in [2.75, 3.05) is 0 Å². The van der Waals surface area contributed by atoms with Gasteiger partial charge in [0.2, 0.25) is 0 Å². The molecular weight excluding hydrogens is 272 g/mol. The highest BCUT2D eigenvalue weighted by atomic mass is 16.6. The fraction of sp³-hybridized carbons (Fsp3) is 0.450. The smallest absolute Gasteiger partial charge is 0.303 e. The lowest BCUT2D eigenvalue weighted by atomic mass is 9.93. The highest BCUT2D eigenvalue weighted by molar-refractivity contribution is 5.66. The first-order chi connectivity index (χ1) is 10.4. The van der Waals surface area contributed by atoms with Gasteiger partial charge in [0.05, 0.1) is 0 Å². The van der Waals surface area contributed by atoms with Crippen molar-refractivity contribution >= 4 is 5.97 Å². The maximum Gasteiger partial charge on any atom is 0.303 e. The van der Waals surface area contributed by atoms with Crippen molar-refractivity contribution < 1.29 is 9.53 Å². The maximum atomic E-state index is 11.1. The monoisotopic (exact) mass is 300 g/mol. The Bertz CT molecular complexity index is 516. The van der Waals surface area contributed by atoms with Crippen LogP contribution in [0.1, 0.15) is 58.4 Å². The molecule has 0 amide bonds. The number of esters is 1. The third-order valence-electron chi connectivity index (χ3n) is 3.94. The van der Waals surface area contributed by atoms with E-state index in [0.717, 1.165) is 19.3 Å². The minimum Gasteiger partial charge on any atom is -0.455 e. The molecule has 0 aromatic heterocycles. The van der Waals surface area contributed by atoms with Crippen molar-refractivity contribution in [1.82, 2.24) is 0 Å². The molecule has 0 aliphatic carbocycles. The lowest BCUT2D eigenvalue weighted by Gasteiger charge is -2.25. The van der Waals surface area contributed by atoms with E-state index < -0.39 is 5.60 Å². The number of carbonyl (C=O) groups is 1. The Morgan fingerprint density at radius 3 is 2.50 bits per heavy atom. The molecule has 120 valence electrons. The molecule has 0 saturated heterocycles. The van der Waals surface area contributed by atoms with Crippen LogP contribution >= 0.6 is 0 Å². The number of hydrogen-bond donors (Lipinski definition) is 0. The summed E-state index contributed by atoms with van der Waals surface area (Å²) >= 11 is 0. The summed E-state index contributed by atoms with van der Waals surface area (Å²) in [7, 11) is 0. The summed E-state index contributed by atoms with van der Waals surface area (Å²) in [6.07, 6.45) is 6.63. The molecule has 2 unspecified atom stereocenters. The molecule has 1 rings (SSSR count). The zero-order valence-electron chi connectivity index (χ0n) is 14.3. The van der Waals surface area contributed by atoms with Gasteiger partial charge in [-0.2, -0.15) is 0 Å². The van der Waals surface area contributed by atoms with Crippen molar-refractivity contribution in [3.63, 3.8) is 0 Å². The van der Waals surface area contributed by atoms with Crippen molar-refractivity contribution in [1.29, 1.82) is 0 Å². The van der Waals surface area contributed by atoms with Gasteiger partial charge >= 0.3 is 5.97 Å². The van der Waals surface area contributed by atoms with E-state index in [4.69, 9.17) is 4.74 Å². The summed E-state index contributed by atoms with van der Waals surface area (Å²) in [5.74, 6) is 0.248. The van der Waals surface area contributed by atoms with Crippen LogP contribution in [0.5, 0.6) is 0 Å². The third kappa shape index (κ3) is 6.30. The van der Waals surface area contributed by atoms with Crippen molar-refractivity contribution in [3.05, 3.63) is 60.2 Å². The first kappa shape index (κ1) is 18.2. The Morgan fingerprint density at radius 1 is 1.32 bits per heavy atom. The molecular formula is C20H28O2. The molecule has 0 saturated carbocycles. The van der Waals surface area contributed by atoms with Crippen LogP contribution in [0.2, 0.25) is 0 Å². The van der Waals surface area contributed by atoms with E-state index in [1.807, 2.05) is 13.0 Å². The van der Waals surface area contributed by atoms with E-state index in [9.17, 15) is 4.79 Å². The largest absolute Gasteiger partial charge is 0.455 e. The van der Waals surface area contributed by atoms with Crippen LogP contribution in [0.15, 0.2) is 54.6 Å². The van der Waals surface area contributed by atoms with E-state index in [0.29, 0.717) is 5.92 Å². The fourth-order valence-corrected chi connectivity index (χ4v) is 2.59. The standard InChI is InChI=1S/C20H28O2/c1-6-20(5,22-18(4)21)14-10-11-16(2)15-17(3)19-12-8-7-9-13-19/h6-9,11-13,17H,1,10,14-15H2,2-5H3. The zero-order valence-corrected chi connectivity index (χ0v) is 14.3. The summed E-state index contributed by atoms with van der Waals surface area (Å²) in [6.45, 7) is 11.5. The highest BCUT2D eigenvalue weighted by Gasteiger charge is 2.22. The zero-order chi connectivity index (χ0) is 16.6. The molecule has 0 N–H and O–H groups in total. The van der Waals surface area contributed by atoms with E-state index in [2.05, 4.69) is 50.8 Å². The van der Waals surface area contributed by atoms with Gasteiger partial charge in [0.15, 0.2) is 0 Å². The van der Waals surface area contributed by atoms with Crippen molar-refractivity contribution in [2.24, 2.45) is 0 Å². The molecule has 0 heterocycles. The quantitative estimate of drug-likeness (QED) is 0.473. The van der Waals surface area contributed by atoms with E-state index >= 15 is 0 Å². The van der Waals surface area contributed by atoms with Gasteiger partial charge in [0.1, 0.15) is 5.60 Å². The number of allylic oxidation sites excluding steroid dienone is 2. The summed E-state index contributed by atoms with van der Waals surface area (Å²) in [6, 6.07) is 10.6. The number of rotatable bonds is 8. The molecule has 2 nitrogen and oxygen atoms in total. The van der Waals surface area contributed by atoms with Gasteiger partial charge in [-0.1, -0.05) is 55.5 Å². The van der Waals surface area contributed by atoms with Crippen LogP contribution in [-0.2, 0) is 9.53 Å². The second-order valence-electron chi connectivity index (χ2n) is 6.22. The SMILES string of the molecule is C=CC(C)(CCC=C(C)CC(C)c1ccccc1)OC(C)=O. The number of benzene rings is 1. The van der Waals surface area contributed by atoms with Crippen LogP contribution in [-0.4, -0.2) is 11.6 Å². The van der Waals surface area contributed by atoms with Gasteiger partial charge in [-0.3, -0.25) is 4.79 Å². The Hall–Kier alpha value is -1.83. The Kier molecular flexibility index (Phi) is 7.10.